The Balaban J connectivity index is 2.04. The molecule has 1 amide bonds. The standard InChI is InChI=1S/C12H11ClN4O/c1-8-4-9(5-11(13)17-8)12(18)15-6-10-2-3-14-7-16-10/h2-5,7H,6H2,1H3,(H,15,18). The van der Waals surface area contributed by atoms with Gasteiger partial charge >= 0.3 is 0 Å². The number of pyridine rings is 1. The zero-order valence-corrected chi connectivity index (χ0v) is 10.5. The minimum atomic E-state index is -0.207. The molecule has 0 unspecified atom stereocenters. The first-order chi connectivity index (χ1) is 8.65. The number of nitrogens with one attached hydrogen (secondary N) is 1. The molecule has 0 fully saturated rings. The SMILES string of the molecule is Cc1cc(C(=O)NCc2ccncn2)cc(Cl)n1. The number of carbonyl (C=O) groups is 1. The molecule has 0 aliphatic carbocycles. The lowest BCUT2D eigenvalue weighted by Crippen LogP contribution is -2.23. The Kier molecular flexibility index (Phi) is 3.84. The maximum atomic E-state index is 11.9. The first-order valence-electron chi connectivity index (χ1n) is 5.32. The van der Waals surface area contributed by atoms with Crippen molar-refractivity contribution in [2.24, 2.45) is 0 Å². The third kappa shape index (κ3) is 3.24. The van der Waals surface area contributed by atoms with Crippen LogP contribution in [-0.2, 0) is 6.54 Å². The van der Waals surface area contributed by atoms with Crippen LogP contribution in [-0.4, -0.2) is 20.9 Å². The number of aromatic nitrogens is 3. The molecule has 1 N–H and O–H groups in total. The van der Waals surface area contributed by atoms with Gasteiger partial charge in [0.25, 0.3) is 5.91 Å². The van der Waals surface area contributed by atoms with Gasteiger partial charge in [-0.25, -0.2) is 15.0 Å². The molecule has 6 heteroatoms. The number of hydrogen-bond acceptors (Lipinski definition) is 4. The highest BCUT2D eigenvalue weighted by atomic mass is 35.5. The summed E-state index contributed by atoms with van der Waals surface area (Å²) in [5.74, 6) is -0.207. The van der Waals surface area contributed by atoms with E-state index in [0.717, 1.165) is 5.69 Å². The second-order valence-corrected chi connectivity index (χ2v) is 4.09. The highest BCUT2D eigenvalue weighted by molar-refractivity contribution is 6.29. The van der Waals surface area contributed by atoms with Gasteiger partial charge in [-0.3, -0.25) is 4.79 Å². The molecule has 0 atom stereocenters. The van der Waals surface area contributed by atoms with Gasteiger partial charge in [0.15, 0.2) is 0 Å². The van der Waals surface area contributed by atoms with Crippen LogP contribution in [0.2, 0.25) is 5.15 Å². The van der Waals surface area contributed by atoms with E-state index in [2.05, 4.69) is 20.3 Å². The monoisotopic (exact) mass is 262 g/mol. The number of hydrogen-bond donors (Lipinski definition) is 1. The second kappa shape index (κ2) is 5.55. The normalized spacial score (nSPS) is 10.1. The summed E-state index contributed by atoms with van der Waals surface area (Å²) in [6, 6.07) is 4.95. The van der Waals surface area contributed by atoms with E-state index in [1.165, 1.54) is 12.4 Å². The fourth-order valence-electron chi connectivity index (χ4n) is 1.45. The Hall–Kier alpha value is -2.01. The van der Waals surface area contributed by atoms with E-state index in [4.69, 9.17) is 11.6 Å². The van der Waals surface area contributed by atoms with Crippen molar-refractivity contribution in [3.63, 3.8) is 0 Å². The molecule has 0 aromatic carbocycles. The van der Waals surface area contributed by atoms with E-state index < -0.39 is 0 Å². The summed E-state index contributed by atoms with van der Waals surface area (Å²) in [6.07, 6.45) is 3.07. The predicted molar refractivity (Wildman–Crippen MR) is 67.2 cm³/mol. The minimum Gasteiger partial charge on any atom is -0.346 e. The summed E-state index contributed by atoms with van der Waals surface area (Å²) in [4.78, 5) is 23.7. The quantitative estimate of drug-likeness (QED) is 0.856. The zero-order chi connectivity index (χ0) is 13.0. The van der Waals surface area contributed by atoms with Crippen LogP contribution in [0.5, 0.6) is 0 Å². The largest absolute Gasteiger partial charge is 0.346 e. The molecule has 0 aliphatic rings. The molecular weight excluding hydrogens is 252 g/mol. The highest BCUT2D eigenvalue weighted by Gasteiger charge is 2.07. The van der Waals surface area contributed by atoms with Crippen molar-refractivity contribution in [1.29, 1.82) is 0 Å². The lowest BCUT2D eigenvalue weighted by atomic mass is 10.2. The predicted octanol–water partition coefficient (Wildman–Crippen LogP) is 1.76. The van der Waals surface area contributed by atoms with E-state index in [9.17, 15) is 4.79 Å². The van der Waals surface area contributed by atoms with Gasteiger partial charge in [0.1, 0.15) is 11.5 Å². The van der Waals surface area contributed by atoms with Crippen LogP contribution in [0.25, 0.3) is 0 Å². The first-order valence-corrected chi connectivity index (χ1v) is 5.70. The molecule has 0 bridgehead atoms. The van der Waals surface area contributed by atoms with Crippen LogP contribution in [0.1, 0.15) is 21.7 Å². The van der Waals surface area contributed by atoms with Crippen LogP contribution in [0.4, 0.5) is 0 Å². The summed E-state index contributed by atoms with van der Waals surface area (Å²) in [7, 11) is 0. The Labute approximate surface area is 109 Å². The Morgan fingerprint density at radius 3 is 2.94 bits per heavy atom. The molecule has 2 rings (SSSR count). The van der Waals surface area contributed by atoms with Crippen LogP contribution in [0.15, 0.2) is 30.7 Å². The van der Waals surface area contributed by atoms with Crippen molar-refractivity contribution in [2.45, 2.75) is 13.5 Å². The smallest absolute Gasteiger partial charge is 0.251 e. The Morgan fingerprint density at radius 2 is 2.28 bits per heavy atom. The van der Waals surface area contributed by atoms with Crippen LogP contribution < -0.4 is 5.32 Å². The molecule has 5 nitrogen and oxygen atoms in total. The van der Waals surface area contributed by atoms with E-state index in [0.29, 0.717) is 23.0 Å². The van der Waals surface area contributed by atoms with Crippen LogP contribution >= 0.6 is 11.6 Å². The van der Waals surface area contributed by atoms with Crippen LogP contribution in [0.3, 0.4) is 0 Å². The van der Waals surface area contributed by atoms with Crippen molar-refractivity contribution in [1.82, 2.24) is 20.3 Å². The summed E-state index contributed by atoms with van der Waals surface area (Å²) in [5, 5.41) is 3.06. The van der Waals surface area contributed by atoms with E-state index in [1.807, 2.05) is 0 Å². The fourth-order valence-corrected chi connectivity index (χ4v) is 1.71. The number of amides is 1. The van der Waals surface area contributed by atoms with Crippen molar-refractivity contribution in [2.75, 3.05) is 0 Å². The maximum Gasteiger partial charge on any atom is 0.251 e. The Bertz CT molecular complexity index is 539. The maximum absolute atomic E-state index is 11.9. The lowest BCUT2D eigenvalue weighted by Gasteiger charge is -2.05. The number of halogens is 1. The van der Waals surface area contributed by atoms with Gasteiger partial charge < -0.3 is 5.32 Å². The van der Waals surface area contributed by atoms with E-state index >= 15 is 0 Å². The van der Waals surface area contributed by atoms with Gasteiger partial charge in [0.05, 0.1) is 12.2 Å². The fraction of sp³-hybridized carbons (Fsp3) is 0.167. The molecule has 0 radical (unpaired) electrons. The van der Waals surface area contributed by atoms with Gasteiger partial charge in [0.2, 0.25) is 0 Å². The molecule has 2 aromatic heterocycles. The van der Waals surface area contributed by atoms with Gasteiger partial charge in [-0.05, 0) is 25.1 Å². The van der Waals surface area contributed by atoms with E-state index in [1.54, 1.807) is 25.3 Å². The van der Waals surface area contributed by atoms with Crippen molar-refractivity contribution >= 4 is 17.5 Å². The highest BCUT2D eigenvalue weighted by Crippen LogP contribution is 2.10. The number of aryl methyl sites for hydroxylation is 1. The van der Waals surface area contributed by atoms with Gasteiger partial charge in [-0.2, -0.15) is 0 Å². The summed E-state index contributed by atoms with van der Waals surface area (Å²) in [6.45, 7) is 2.13. The summed E-state index contributed by atoms with van der Waals surface area (Å²) in [5.41, 5.74) is 1.94. The molecular formula is C12H11ClN4O. The van der Waals surface area contributed by atoms with Crippen molar-refractivity contribution in [3.8, 4) is 0 Å². The van der Waals surface area contributed by atoms with Gasteiger partial charge in [-0.1, -0.05) is 11.6 Å². The van der Waals surface area contributed by atoms with Crippen molar-refractivity contribution in [3.05, 3.63) is 52.8 Å². The van der Waals surface area contributed by atoms with E-state index in [-0.39, 0.29) is 5.91 Å². The molecule has 0 saturated carbocycles. The first kappa shape index (κ1) is 12.4. The van der Waals surface area contributed by atoms with Crippen LogP contribution in [0, 0.1) is 6.92 Å². The lowest BCUT2D eigenvalue weighted by molar-refractivity contribution is 0.0950. The van der Waals surface area contributed by atoms with Gasteiger partial charge in [0, 0.05) is 17.5 Å². The topological polar surface area (TPSA) is 67.8 Å². The average molecular weight is 263 g/mol. The second-order valence-electron chi connectivity index (χ2n) is 3.70. The molecule has 92 valence electrons. The molecule has 2 aromatic rings. The summed E-state index contributed by atoms with van der Waals surface area (Å²) >= 11 is 5.80. The minimum absolute atomic E-state index is 0.207. The molecule has 0 aliphatic heterocycles. The molecule has 18 heavy (non-hydrogen) atoms. The summed E-state index contributed by atoms with van der Waals surface area (Å²) < 4.78 is 0. The van der Waals surface area contributed by atoms with Crippen molar-refractivity contribution < 1.29 is 4.79 Å². The zero-order valence-electron chi connectivity index (χ0n) is 9.72. The third-order valence-corrected chi connectivity index (χ3v) is 2.45. The number of nitrogens with zero attached hydrogens (tertiary/aromatic N) is 3. The molecule has 0 spiro atoms. The molecule has 2 heterocycles. The average Bonchev–Trinajstić information content (AvgIpc) is 2.36. The number of carbonyl (C=O) groups excluding carboxylic acids is 1. The third-order valence-electron chi connectivity index (χ3n) is 2.26. The molecule has 0 saturated heterocycles. The van der Waals surface area contributed by atoms with Gasteiger partial charge in [-0.15, -0.1) is 0 Å². The Morgan fingerprint density at radius 1 is 1.44 bits per heavy atom. The number of rotatable bonds is 3.